The summed E-state index contributed by atoms with van der Waals surface area (Å²) in [5.41, 5.74) is 5.50. The lowest BCUT2D eigenvalue weighted by Crippen LogP contribution is -2.47. The summed E-state index contributed by atoms with van der Waals surface area (Å²) in [6.45, 7) is 5.69. The van der Waals surface area contributed by atoms with Crippen LogP contribution in [-0.2, 0) is 20.7 Å². The third-order valence-corrected chi connectivity index (χ3v) is 3.80. The maximum absolute atomic E-state index is 11.8. The van der Waals surface area contributed by atoms with E-state index >= 15 is 0 Å². The van der Waals surface area contributed by atoms with Crippen LogP contribution in [0.15, 0.2) is 6.20 Å². The number of thiazole rings is 1. The average Bonchev–Trinajstić information content (AvgIpc) is 2.86. The number of aromatic nitrogens is 1. The number of aryl methyl sites for hydroxylation is 1. The number of rotatable bonds is 6. The Morgan fingerprint density at radius 1 is 1.53 bits per heavy atom. The van der Waals surface area contributed by atoms with E-state index in [0.29, 0.717) is 0 Å². The standard InChI is InChI=1S/C12H19N3O3S/c1-4-8-6-14-11(19-8)7(3)15-10(16)9(13)12(17)18-5-2/h6-7,9H,4-5,13H2,1-3H3,(H,15,16). The van der Waals surface area contributed by atoms with Gasteiger partial charge in [0.2, 0.25) is 5.91 Å². The maximum atomic E-state index is 11.8. The lowest BCUT2D eigenvalue weighted by Gasteiger charge is -2.14. The smallest absolute Gasteiger partial charge is 0.332 e. The van der Waals surface area contributed by atoms with Crippen molar-refractivity contribution in [3.63, 3.8) is 0 Å². The molecule has 2 atom stereocenters. The van der Waals surface area contributed by atoms with E-state index in [1.54, 1.807) is 20.0 Å². The number of nitrogens with one attached hydrogen (secondary N) is 1. The van der Waals surface area contributed by atoms with Crippen molar-refractivity contribution >= 4 is 23.2 Å². The number of hydrogen-bond donors (Lipinski definition) is 2. The number of carbonyl (C=O) groups is 2. The monoisotopic (exact) mass is 285 g/mol. The molecule has 6 nitrogen and oxygen atoms in total. The van der Waals surface area contributed by atoms with Crippen molar-refractivity contribution in [1.82, 2.24) is 10.3 Å². The molecular formula is C12H19N3O3S. The summed E-state index contributed by atoms with van der Waals surface area (Å²) >= 11 is 1.53. The Balaban J connectivity index is 2.58. The Morgan fingerprint density at radius 2 is 2.21 bits per heavy atom. The van der Waals surface area contributed by atoms with Crippen molar-refractivity contribution in [3.05, 3.63) is 16.1 Å². The molecule has 0 radical (unpaired) electrons. The number of nitrogens with two attached hydrogens (primary N) is 1. The van der Waals surface area contributed by atoms with Gasteiger partial charge in [-0.05, 0) is 20.3 Å². The third-order valence-electron chi connectivity index (χ3n) is 2.47. The molecule has 1 amide bonds. The molecule has 0 aliphatic carbocycles. The van der Waals surface area contributed by atoms with E-state index in [1.807, 2.05) is 6.92 Å². The van der Waals surface area contributed by atoms with E-state index in [-0.39, 0.29) is 12.6 Å². The summed E-state index contributed by atoms with van der Waals surface area (Å²) in [4.78, 5) is 28.5. The molecule has 1 rings (SSSR count). The van der Waals surface area contributed by atoms with Crippen LogP contribution in [0.1, 0.15) is 36.7 Å². The zero-order chi connectivity index (χ0) is 14.4. The van der Waals surface area contributed by atoms with Crippen LogP contribution in [0.25, 0.3) is 0 Å². The minimum atomic E-state index is -1.30. The number of esters is 1. The SMILES string of the molecule is CCOC(=O)C(N)C(=O)NC(C)c1ncc(CC)s1. The molecule has 106 valence electrons. The first kappa shape index (κ1) is 15.6. The molecule has 1 heterocycles. The fourth-order valence-electron chi connectivity index (χ4n) is 1.39. The zero-order valence-corrected chi connectivity index (χ0v) is 12.1. The predicted octanol–water partition coefficient (Wildman–Crippen LogP) is 0.773. The second-order valence-corrected chi connectivity index (χ2v) is 5.13. The Kier molecular flexibility index (Phi) is 5.91. The molecule has 0 aromatic carbocycles. The number of carbonyl (C=O) groups excluding carboxylic acids is 2. The molecule has 0 saturated heterocycles. The van der Waals surface area contributed by atoms with Crippen LogP contribution < -0.4 is 11.1 Å². The summed E-state index contributed by atoms with van der Waals surface area (Å²) in [6.07, 6.45) is 2.69. The van der Waals surface area contributed by atoms with Gasteiger partial charge in [0.25, 0.3) is 0 Å². The van der Waals surface area contributed by atoms with E-state index < -0.39 is 17.9 Å². The van der Waals surface area contributed by atoms with E-state index in [0.717, 1.165) is 16.3 Å². The quantitative estimate of drug-likeness (QED) is 0.595. The minimum Gasteiger partial charge on any atom is -0.464 e. The van der Waals surface area contributed by atoms with Crippen molar-refractivity contribution in [2.24, 2.45) is 5.73 Å². The highest BCUT2D eigenvalue weighted by Gasteiger charge is 2.25. The third kappa shape index (κ3) is 4.29. The van der Waals surface area contributed by atoms with Gasteiger partial charge in [0.15, 0.2) is 6.04 Å². The first-order chi connectivity index (χ1) is 8.99. The fraction of sp³-hybridized carbons (Fsp3) is 0.583. The second kappa shape index (κ2) is 7.20. The number of amides is 1. The largest absolute Gasteiger partial charge is 0.464 e. The Bertz CT molecular complexity index is 447. The molecule has 7 heteroatoms. The number of nitrogens with zero attached hydrogens (tertiary/aromatic N) is 1. The number of hydrogen-bond acceptors (Lipinski definition) is 6. The molecule has 0 spiro atoms. The van der Waals surface area contributed by atoms with Crippen molar-refractivity contribution in [2.45, 2.75) is 39.3 Å². The molecule has 1 aromatic rings. The predicted molar refractivity (Wildman–Crippen MR) is 72.7 cm³/mol. The van der Waals surface area contributed by atoms with Gasteiger partial charge in [0.1, 0.15) is 5.01 Å². The van der Waals surface area contributed by atoms with Gasteiger partial charge in [-0.25, -0.2) is 9.78 Å². The molecule has 2 unspecified atom stereocenters. The lowest BCUT2D eigenvalue weighted by molar-refractivity contribution is -0.148. The van der Waals surface area contributed by atoms with Gasteiger partial charge in [0, 0.05) is 11.1 Å². The van der Waals surface area contributed by atoms with Gasteiger partial charge >= 0.3 is 5.97 Å². The van der Waals surface area contributed by atoms with Crippen molar-refractivity contribution in [1.29, 1.82) is 0 Å². The van der Waals surface area contributed by atoms with Crippen LogP contribution >= 0.6 is 11.3 Å². The van der Waals surface area contributed by atoms with Crippen LogP contribution in [0.2, 0.25) is 0 Å². The summed E-state index contributed by atoms with van der Waals surface area (Å²) in [5, 5.41) is 3.45. The Labute approximate surface area is 116 Å². The van der Waals surface area contributed by atoms with E-state index in [2.05, 4.69) is 10.3 Å². The van der Waals surface area contributed by atoms with Crippen LogP contribution in [0.4, 0.5) is 0 Å². The highest BCUT2D eigenvalue weighted by molar-refractivity contribution is 7.11. The van der Waals surface area contributed by atoms with Crippen LogP contribution in [0.3, 0.4) is 0 Å². The van der Waals surface area contributed by atoms with Gasteiger partial charge in [0.05, 0.1) is 12.6 Å². The molecule has 19 heavy (non-hydrogen) atoms. The van der Waals surface area contributed by atoms with Gasteiger partial charge in [-0.2, -0.15) is 0 Å². The van der Waals surface area contributed by atoms with E-state index in [1.165, 1.54) is 11.3 Å². The second-order valence-electron chi connectivity index (χ2n) is 3.98. The van der Waals surface area contributed by atoms with E-state index in [4.69, 9.17) is 10.5 Å². The Morgan fingerprint density at radius 3 is 2.74 bits per heavy atom. The molecular weight excluding hydrogens is 266 g/mol. The normalized spacial score (nSPS) is 13.7. The molecule has 0 aliphatic rings. The van der Waals surface area contributed by atoms with Crippen LogP contribution in [-0.4, -0.2) is 29.5 Å². The molecule has 0 fully saturated rings. The molecule has 0 bridgehead atoms. The highest BCUT2D eigenvalue weighted by Crippen LogP contribution is 2.20. The Hall–Kier alpha value is -1.47. The molecule has 0 saturated carbocycles. The first-order valence-electron chi connectivity index (χ1n) is 6.16. The first-order valence-corrected chi connectivity index (χ1v) is 6.98. The summed E-state index contributed by atoms with van der Waals surface area (Å²) in [6, 6.07) is -1.58. The van der Waals surface area contributed by atoms with Crippen LogP contribution in [0, 0.1) is 0 Å². The van der Waals surface area contributed by atoms with Crippen molar-refractivity contribution < 1.29 is 14.3 Å². The topological polar surface area (TPSA) is 94.3 Å². The number of ether oxygens (including phenoxy) is 1. The van der Waals surface area contributed by atoms with Gasteiger partial charge < -0.3 is 15.8 Å². The summed E-state index contributed by atoms with van der Waals surface area (Å²) < 4.78 is 4.70. The zero-order valence-electron chi connectivity index (χ0n) is 11.3. The minimum absolute atomic E-state index is 0.196. The fourth-order valence-corrected chi connectivity index (χ4v) is 2.25. The van der Waals surface area contributed by atoms with Crippen LogP contribution in [0.5, 0.6) is 0 Å². The lowest BCUT2D eigenvalue weighted by atomic mass is 10.2. The van der Waals surface area contributed by atoms with E-state index in [9.17, 15) is 9.59 Å². The van der Waals surface area contributed by atoms with Gasteiger partial charge in [-0.15, -0.1) is 11.3 Å². The van der Waals surface area contributed by atoms with Crippen molar-refractivity contribution in [2.75, 3.05) is 6.61 Å². The average molecular weight is 285 g/mol. The van der Waals surface area contributed by atoms with Gasteiger partial charge in [-0.3, -0.25) is 4.79 Å². The summed E-state index contributed by atoms with van der Waals surface area (Å²) in [5.74, 6) is -1.28. The summed E-state index contributed by atoms with van der Waals surface area (Å²) in [7, 11) is 0. The molecule has 1 aromatic heterocycles. The molecule has 3 N–H and O–H groups in total. The molecule has 0 aliphatic heterocycles. The van der Waals surface area contributed by atoms with Crippen molar-refractivity contribution in [3.8, 4) is 0 Å². The van der Waals surface area contributed by atoms with Gasteiger partial charge in [-0.1, -0.05) is 6.92 Å². The highest BCUT2D eigenvalue weighted by atomic mass is 32.1. The maximum Gasteiger partial charge on any atom is 0.332 e.